The summed E-state index contributed by atoms with van der Waals surface area (Å²) in [7, 11) is 0. The number of imidazole rings is 1. The summed E-state index contributed by atoms with van der Waals surface area (Å²) in [5.74, 6) is -4.38. The number of nitrogens with two attached hydrogens (primary N) is 1. The molecule has 0 spiro atoms. The summed E-state index contributed by atoms with van der Waals surface area (Å²) in [6, 6.07) is 3.29. The van der Waals surface area contributed by atoms with Gasteiger partial charge in [0.1, 0.15) is 5.56 Å². The largest absolute Gasteiger partial charge is 0.471 e. The Morgan fingerprint density at radius 3 is 2.34 bits per heavy atom. The van der Waals surface area contributed by atoms with Crippen molar-refractivity contribution < 1.29 is 49.4 Å². The zero-order valence-electron chi connectivity index (χ0n) is 24.2. The van der Waals surface area contributed by atoms with E-state index < -0.39 is 67.1 Å². The Morgan fingerprint density at radius 2 is 1.74 bits per heavy atom. The first-order chi connectivity index (χ1) is 21.8. The Hall–Kier alpha value is -3.64. The topological polar surface area (TPSA) is 147 Å². The molecule has 6 N–H and O–H groups in total. The van der Waals surface area contributed by atoms with Crippen molar-refractivity contribution in [1.82, 2.24) is 25.6 Å². The fraction of sp³-hybridized carbons (Fsp3) is 0.481. The van der Waals surface area contributed by atoms with E-state index in [-0.39, 0.29) is 69.7 Å². The molecule has 1 atom stereocenters. The molecule has 0 saturated heterocycles. The van der Waals surface area contributed by atoms with Crippen molar-refractivity contribution in [1.29, 1.82) is 0 Å². The Labute approximate surface area is 271 Å². The molecule has 2 heterocycles. The highest BCUT2D eigenvalue weighted by Gasteiger charge is 2.53. The number of halogens is 10. The molecule has 2 amide bonds. The van der Waals surface area contributed by atoms with E-state index >= 15 is 0 Å². The number of fused-ring (bicyclic) bond motifs is 1. The average Bonchev–Trinajstić information content (AvgIpc) is 3.37. The van der Waals surface area contributed by atoms with Crippen LogP contribution in [0.5, 0.6) is 5.88 Å². The third-order valence-electron chi connectivity index (χ3n) is 7.47. The lowest BCUT2D eigenvalue weighted by atomic mass is 9.85. The molecule has 1 unspecified atom stereocenters. The molecule has 2 aromatic heterocycles. The quantitative estimate of drug-likeness (QED) is 0.152. The lowest BCUT2D eigenvalue weighted by molar-refractivity contribution is -0.187. The molecule has 4 rings (SSSR count). The molecule has 1 aliphatic carbocycles. The van der Waals surface area contributed by atoms with E-state index in [1.165, 1.54) is 18.2 Å². The van der Waals surface area contributed by atoms with Crippen LogP contribution in [0.3, 0.4) is 0 Å². The van der Waals surface area contributed by atoms with Gasteiger partial charge in [0.05, 0.1) is 27.2 Å². The number of carbonyl (C=O) groups excluding carboxylic acids is 2. The molecule has 0 radical (unpaired) electrons. The average molecular weight is 720 g/mol. The first-order valence-corrected chi connectivity index (χ1v) is 14.6. The van der Waals surface area contributed by atoms with Gasteiger partial charge in [-0.2, -0.15) is 36.3 Å². The molecule has 1 aliphatic rings. The van der Waals surface area contributed by atoms with Gasteiger partial charge >= 0.3 is 12.4 Å². The van der Waals surface area contributed by atoms with Crippen molar-refractivity contribution in [3.8, 4) is 5.88 Å². The second-order valence-corrected chi connectivity index (χ2v) is 11.8. The van der Waals surface area contributed by atoms with Crippen LogP contribution in [0.2, 0.25) is 10.0 Å². The predicted octanol–water partition coefficient (Wildman–Crippen LogP) is 6.40. The van der Waals surface area contributed by atoms with Crippen LogP contribution in [-0.4, -0.2) is 63.7 Å². The number of anilines is 2. The number of rotatable bonds is 10. The van der Waals surface area contributed by atoms with Crippen molar-refractivity contribution in [3.63, 3.8) is 0 Å². The molecule has 3 aromatic rings. The molecule has 1 aromatic carbocycles. The molecule has 47 heavy (non-hydrogen) atoms. The fourth-order valence-electron chi connectivity index (χ4n) is 4.68. The van der Waals surface area contributed by atoms with Gasteiger partial charge in [0.25, 0.3) is 12.3 Å². The van der Waals surface area contributed by atoms with Crippen molar-refractivity contribution in [2.24, 2.45) is 11.7 Å². The summed E-state index contributed by atoms with van der Waals surface area (Å²) in [5.41, 5.74) is 1.83. The fourth-order valence-corrected chi connectivity index (χ4v) is 5.21. The number of hydrogen-bond acceptors (Lipinski definition) is 7. The zero-order valence-corrected chi connectivity index (χ0v) is 25.7. The number of ether oxygens (including phenoxy) is 1. The third kappa shape index (κ3) is 8.45. The third-order valence-corrected chi connectivity index (χ3v) is 8.22. The molecule has 1 saturated carbocycles. The van der Waals surface area contributed by atoms with Crippen LogP contribution >= 0.6 is 23.2 Å². The van der Waals surface area contributed by atoms with Gasteiger partial charge in [0.15, 0.2) is 17.8 Å². The highest BCUT2D eigenvalue weighted by Crippen LogP contribution is 2.38. The predicted molar refractivity (Wildman–Crippen MR) is 155 cm³/mol. The number of nitrogens with one attached hydrogen (secondary N) is 4. The Balaban J connectivity index is 1.55. The van der Waals surface area contributed by atoms with Gasteiger partial charge in [0.2, 0.25) is 17.7 Å². The summed E-state index contributed by atoms with van der Waals surface area (Å²) in [6.07, 6.45) is -12.6. The van der Waals surface area contributed by atoms with Gasteiger partial charge < -0.3 is 31.4 Å². The lowest BCUT2D eigenvalue weighted by Crippen LogP contribution is -2.61. The second kappa shape index (κ2) is 13.8. The van der Waals surface area contributed by atoms with Crippen LogP contribution in [0.25, 0.3) is 11.2 Å². The Morgan fingerprint density at radius 1 is 1.09 bits per heavy atom. The van der Waals surface area contributed by atoms with Gasteiger partial charge in [0, 0.05) is 12.6 Å². The minimum Gasteiger partial charge on any atom is -0.471 e. The normalized spacial score (nSPS) is 18.6. The molecule has 0 aliphatic heterocycles. The molecule has 1 fully saturated rings. The number of amides is 2. The molecular weight excluding hydrogens is 693 g/mol. The highest BCUT2D eigenvalue weighted by molar-refractivity contribution is 6.39. The zero-order chi connectivity index (χ0) is 34.9. The van der Waals surface area contributed by atoms with Crippen LogP contribution in [0.15, 0.2) is 18.2 Å². The number of aromatic nitrogens is 3. The van der Waals surface area contributed by atoms with Crippen molar-refractivity contribution in [3.05, 3.63) is 39.4 Å². The first-order valence-electron chi connectivity index (χ1n) is 13.8. The maximum atomic E-state index is 13.1. The van der Waals surface area contributed by atoms with Gasteiger partial charge in [-0.25, -0.2) is 8.78 Å². The summed E-state index contributed by atoms with van der Waals surface area (Å²) in [5, 5.41) is 7.36. The number of H-pyrrole nitrogens is 1. The SMILES string of the molecule is CC(N)(C(=O)NCc1ccc(Cl)c(Nc2nc3nc(OCC(F)F)c(C(=O)N[C@H]4CC[C@H](C(F)(F)F)CC4)cc3[nH]2)c1Cl)C(F)(F)F. The smallest absolute Gasteiger partial charge is 0.415 e. The number of benzene rings is 1. The van der Waals surface area contributed by atoms with Crippen molar-refractivity contribution in [2.45, 2.75) is 69.5 Å². The van der Waals surface area contributed by atoms with Gasteiger partial charge in [-0.15, -0.1) is 0 Å². The van der Waals surface area contributed by atoms with Crippen molar-refractivity contribution in [2.75, 3.05) is 11.9 Å². The maximum Gasteiger partial charge on any atom is 0.415 e. The minimum absolute atomic E-state index is 0.00655. The lowest BCUT2D eigenvalue weighted by Gasteiger charge is -2.30. The number of alkyl halides is 8. The summed E-state index contributed by atoms with van der Waals surface area (Å²) in [6.45, 7) is -1.07. The van der Waals surface area contributed by atoms with E-state index in [4.69, 9.17) is 33.7 Å². The number of aromatic amines is 1. The van der Waals surface area contributed by atoms with E-state index in [9.17, 15) is 44.7 Å². The minimum atomic E-state index is -5.02. The van der Waals surface area contributed by atoms with E-state index in [1.54, 1.807) is 0 Å². The van der Waals surface area contributed by atoms with Crippen LogP contribution in [-0.2, 0) is 11.3 Å². The Kier molecular flexibility index (Phi) is 10.7. The number of nitrogens with zero attached hydrogens (tertiary/aromatic N) is 2. The van der Waals surface area contributed by atoms with Gasteiger partial charge in [-0.1, -0.05) is 29.3 Å². The van der Waals surface area contributed by atoms with E-state index in [1.807, 2.05) is 0 Å². The summed E-state index contributed by atoms with van der Waals surface area (Å²) < 4.78 is 109. The van der Waals surface area contributed by atoms with Crippen LogP contribution in [0.4, 0.5) is 46.8 Å². The van der Waals surface area contributed by atoms with E-state index in [0.29, 0.717) is 6.92 Å². The number of pyridine rings is 1. The monoisotopic (exact) mass is 719 g/mol. The molecule has 0 bridgehead atoms. The number of carbonyl (C=O) groups is 2. The first kappa shape index (κ1) is 36.2. The summed E-state index contributed by atoms with van der Waals surface area (Å²) >= 11 is 12.7. The van der Waals surface area contributed by atoms with Crippen molar-refractivity contribution >= 4 is 57.8 Å². The highest BCUT2D eigenvalue weighted by atomic mass is 35.5. The molecule has 10 nitrogen and oxygen atoms in total. The van der Waals surface area contributed by atoms with Gasteiger partial charge in [-0.3, -0.25) is 9.59 Å². The van der Waals surface area contributed by atoms with Crippen LogP contribution < -0.4 is 26.4 Å². The number of hydrogen-bond donors (Lipinski definition) is 5. The van der Waals surface area contributed by atoms with Crippen LogP contribution in [0.1, 0.15) is 48.5 Å². The maximum absolute atomic E-state index is 13.1. The second-order valence-electron chi connectivity index (χ2n) is 11.0. The molecular formula is C27H27Cl2F8N7O3. The Bertz CT molecular complexity index is 1620. The van der Waals surface area contributed by atoms with E-state index in [0.717, 1.165) is 0 Å². The van der Waals surface area contributed by atoms with E-state index in [2.05, 4.69) is 30.9 Å². The van der Waals surface area contributed by atoms with Crippen LogP contribution in [0, 0.1) is 5.92 Å². The molecule has 20 heteroatoms. The standard InChI is InChI=1S/C27H27Cl2F8N7O3/c1-25(38,27(35,36)37)23(46)39-9-11-2-7-15(28)19(18(11)29)42-24-41-16-8-14(22(43-20(16)44-24)47-10-17(30)31)21(45)40-13-5-3-12(4-6-13)26(32,33)34/h2,7-8,12-13,17H,3-6,9-10,38H2,1H3,(H,39,46)(H,40,45)(H2,41,42,43,44)/t12-,13-,25?. The molecule has 258 valence electrons. The summed E-state index contributed by atoms with van der Waals surface area (Å²) in [4.78, 5) is 36.3. The van der Waals surface area contributed by atoms with Gasteiger partial charge in [-0.05, 0) is 50.3 Å².